The van der Waals surface area contributed by atoms with Gasteiger partial charge in [-0.15, -0.1) is 0 Å². The Morgan fingerprint density at radius 2 is 2.14 bits per heavy atom. The quantitative estimate of drug-likeness (QED) is 0.744. The van der Waals surface area contributed by atoms with Crippen molar-refractivity contribution in [3.8, 4) is 0 Å². The molecule has 0 amide bonds. The van der Waals surface area contributed by atoms with E-state index in [2.05, 4.69) is 60.1 Å². The van der Waals surface area contributed by atoms with E-state index in [1.54, 1.807) is 0 Å². The highest BCUT2D eigenvalue weighted by Gasteiger charge is 2.20. The molecule has 78 valence electrons. The van der Waals surface area contributed by atoms with Gasteiger partial charge in [0.05, 0.1) is 5.69 Å². The lowest BCUT2D eigenvalue weighted by molar-refractivity contribution is 0.552. The van der Waals surface area contributed by atoms with E-state index in [4.69, 9.17) is 0 Å². The summed E-state index contributed by atoms with van der Waals surface area (Å²) in [5, 5.41) is 5.37. The largest absolute Gasteiger partial charge is 0.275 e. The van der Waals surface area contributed by atoms with Crippen LogP contribution in [0.25, 0.3) is 6.08 Å². The third-order valence-corrected chi connectivity index (χ3v) is 2.33. The van der Waals surface area contributed by atoms with Gasteiger partial charge < -0.3 is 0 Å². The summed E-state index contributed by atoms with van der Waals surface area (Å²) in [4.78, 5) is 0. The van der Waals surface area contributed by atoms with Crippen LogP contribution in [0.5, 0.6) is 0 Å². The molecule has 0 fully saturated rings. The minimum atomic E-state index is 0.104. The molecule has 0 aromatic carbocycles. The highest BCUT2D eigenvalue weighted by molar-refractivity contribution is 9.09. The smallest absolute Gasteiger partial charge is 0.0750 e. The first-order valence-electron chi connectivity index (χ1n) is 4.72. The highest BCUT2D eigenvalue weighted by atomic mass is 79.9. The molecule has 0 saturated carbocycles. The number of halogens is 1. The molecule has 0 aliphatic heterocycles. The molecule has 1 aromatic rings. The second-order valence-electron chi connectivity index (χ2n) is 4.41. The zero-order valence-electron chi connectivity index (χ0n) is 9.21. The minimum Gasteiger partial charge on any atom is -0.275 e. The van der Waals surface area contributed by atoms with Gasteiger partial charge in [0, 0.05) is 29.6 Å². The lowest BCUT2D eigenvalue weighted by Gasteiger charge is -2.16. The summed E-state index contributed by atoms with van der Waals surface area (Å²) in [5.41, 5.74) is 2.46. The van der Waals surface area contributed by atoms with Gasteiger partial charge in [-0.1, -0.05) is 48.9 Å². The fourth-order valence-corrected chi connectivity index (χ4v) is 1.57. The van der Waals surface area contributed by atoms with Crippen molar-refractivity contribution >= 4 is 22.0 Å². The van der Waals surface area contributed by atoms with Gasteiger partial charge in [0.1, 0.15) is 0 Å². The van der Waals surface area contributed by atoms with E-state index in [1.165, 1.54) is 5.56 Å². The van der Waals surface area contributed by atoms with Gasteiger partial charge in [0.15, 0.2) is 0 Å². The Morgan fingerprint density at radius 3 is 2.64 bits per heavy atom. The number of nitrogens with zero attached hydrogens (tertiary/aromatic N) is 2. The zero-order valence-corrected chi connectivity index (χ0v) is 10.8. The topological polar surface area (TPSA) is 17.8 Å². The summed E-state index contributed by atoms with van der Waals surface area (Å²) >= 11 is 3.37. The maximum Gasteiger partial charge on any atom is 0.0750 e. The van der Waals surface area contributed by atoms with E-state index in [-0.39, 0.29) is 5.41 Å². The monoisotopic (exact) mass is 256 g/mol. The average Bonchev–Trinajstić information content (AvgIpc) is 2.42. The van der Waals surface area contributed by atoms with Crippen LogP contribution in [0, 0.1) is 0 Å². The molecule has 0 spiro atoms. The van der Waals surface area contributed by atoms with Crippen molar-refractivity contribution in [3.63, 3.8) is 0 Å². The van der Waals surface area contributed by atoms with Crippen LogP contribution in [-0.4, -0.2) is 15.1 Å². The molecule has 0 atom stereocenters. The number of hydrogen-bond acceptors (Lipinski definition) is 1. The lowest BCUT2D eigenvalue weighted by atomic mass is 9.89. The SMILES string of the molecule is Cn1cc(/C=C/CBr)c(C(C)(C)C)n1. The van der Waals surface area contributed by atoms with E-state index >= 15 is 0 Å². The van der Waals surface area contributed by atoms with E-state index in [0.29, 0.717) is 0 Å². The molecule has 1 rings (SSSR count). The molecule has 2 nitrogen and oxygen atoms in total. The average molecular weight is 257 g/mol. The van der Waals surface area contributed by atoms with Crippen molar-refractivity contribution in [2.24, 2.45) is 7.05 Å². The van der Waals surface area contributed by atoms with Crippen molar-refractivity contribution in [1.82, 2.24) is 9.78 Å². The van der Waals surface area contributed by atoms with Crippen LogP contribution >= 0.6 is 15.9 Å². The minimum absolute atomic E-state index is 0.104. The van der Waals surface area contributed by atoms with Crippen molar-refractivity contribution in [1.29, 1.82) is 0 Å². The maximum atomic E-state index is 4.48. The van der Waals surface area contributed by atoms with Crippen LogP contribution in [0.15, 0.2) is 12.3 Å². The maximum absolute atomic E-state index is 4.48. The molecule has 1 aromatic heterocycles. The summed E-state index contributed by atoms with van der Waals surface area (Å²) < 4.78 is 1.87. The molecular formula is C11H17BrN2. The van der Waals surface area contributed by atoms with Crippen LogP contribution in [0.4, 0.5) is 0 Å². The van der Waals surface area contributed by atoms with Gasteiger partial charge in [-0.05, 0) is 0 Å². The van der Waals surface area contributed by atoms with Crippen LogP contribution in [0.1, 0.15) is 32.0 Å². The van der Waals surface area contributed by atoms with Gasteiger partial charge in [-0.2, -0.15) is 5.10 Å². The zero-order chi connectivity index (χ0) is 10.8. The van der Waals surface area contributed by atoms with Crippen molar-refractivity contribution in [2.45, 2.75) is 26.2 Å². The molecule has 0 aliphatic carbocycles. The van der Waals surface area contributed by atoms with Crippen LogP contribution < -0.4 is 0 Å². The van der Waals surface area contributed by atoms with E-state index in [9.17, 15) is 0 Å². The Hall–Kier alpha value is -0.570. The Kier molecular flexibility index (Phi) is 3.53. The van der Waals surface area contributed by atoms with Gasteiger partial charge in [-0.3, -0.25) is 4.68 Å². The number of allylic oxidation sites excluding steroid dienone is 1. The van der Waals surface area contributed by atoms with Crippen LogP contribution in [0.3, 0.4) is 0 Å². The molecule has 3 heteroatoms. The molecule has 0 radical (unpaired) electrons. The van der Waals surface area contributed by atoms with Crippen molar-refractivity contribution < 1.29 is 0 Å². The molecule has 1 heterocycles. The third-order valence-electron chi connectivity index (χ3n) is 1.95. The van der Waals surface area contributed by atoms with Gasteiger partial charge >= 0.3 is 0 Å². The Bertz CT molecular complexity index is 332. The van der Waals surface area contributed by atoms with E-state index in [1.807, 2.05) is 11.7 Å². The molecule has 14 heavy (non-hydrogen) atoms. The molecule has 0 saturated heterocycles. The van der Waals surface area contributed by atoms with Crippen LogP contribution in [-0.2, 0) is 12.5 Å². The van der Waals surface area contributed by atoms with Crippen molar-refractivity contribution in [2.75, 3.05) is 5.33 Å². The fraction of sp³-hybridized carbons (Fsp3) is 0.545. The number of rotatable bonds is 2. The van der Waals surface area contributed by atoms with Crippen LogP contribution in [0.2, 0.25) is 0 Å². The summed E-state index contributed by atoms with van der Waals surface area (Å²) in [6.07, 6.45) is 6.26. The molecule has 0 aliphatic rings. The van der Waals surface area contributed by atoms with Gasteiger partial charge in [0.25, 0.3) is 0 Å². The molecular weight excluding hydrogens is 240 g/mol. The van der Waals surface area contributed by atoms with Crippen molar-refractivity contribution in [3.05, 3.63) is 23.5 Å². The molecule has 0 unspecified atom stereocenters. The molecule has 0 N–H and O–H groups in total. The van der Waals surface area contributed by atoms with Gasteiger partial charge in [0.2, 0.25) is 0 Å². The van der Waals surface area contributed by atoms with E-state index < -0.39 is 0 Å². The number of aromatic nitrogens is 2. The Balaban J connectivity index is 3.09. The number of aryl methyl sites for hydroxylation is 1. The Labute approximate surface area is 94.1 Å². The summed E-state index contributed by atoms with van der Waals surface area (Å²) in [6, 6.07) is 0. The summed E-state index contributed by atoms with van der Waals surface area (Å²) in [6.45, 7) is 6.54. The first kappa shape index (κ1) is 11.5. The second-order valence-corrected chi connectivity index (χ2v) is 5.06. The fourth-order valence-electron chi connectivity index (χ4n) is 1.38. The summed E-state index contributed by atoms with van der Waals surface area (Å²) in [5.74, 6) is 0. The number of alkyl halides is 1. The summed E-state index contributed by atoms with van der Waals surface area (Å²) in [7, 11) is 1.96. The van der Waals surface area contributed by atoms with Gasteiger partial charge in [-0.25, -0.2) is 0 Å². The first-order valence-corrected chi connectivity index (χ1v) is 5.84. The normalized spacial score (nSPS) is 12.6. The lowest BCUT2D eigenvalue weighted by Crippen LogP contribution is -2.13. The first-order chi connectivity index (χ1) is 6.45. The second kappa shape index (κ2) is 4.30. The highest BCUT2D eigenvalue weighted by Crippen LogP contribution is 2.24. The third kappa shape index (κ3) is 2.71. The Morgan fingerprint density at radius 1 is 1.50 bits per heavy atom. The van der Waals surface area contributed by atoms with E-state index in [0.717, 1.165) is 11.0 Å². The molecule has 0 bridgehead atoms. The standard InChI is InChI=1S/C11H17BrN2/c1-11(2,3)10-9(6-5-7-12)8-14(4)13-10/h5-6,8H,7H2,1-4H3/b6-5+. The predicted octanol–water partition coefficient (Wildman–Crippen LogP) is 3.13. The number of hydrogen-bond donors (Lipinski definition) is 0. The predicted molar refractivity (Wildman–Crippen MR) is 64.7 cm³/mol.